The van der Waals surface area contributed by atoms with Crippen LogP contribution in [-0.4, -0.2) is 74.8 Å². The van der Waals surface area contributed by atoms with Crippen molar-refractivity contribution in [3.63, 3.8) is 0 Å². The highest BCUT2D eigenvalue weighted by Gasteiger charge is 2.32. The van der Waals surface area contributed by atoms with Crippen molar-refractivity contribution in [1.29, 1.82) is 0 Å². The molecule has 51 heavy (non-hydrogen) atoms. The molecule has 2 aliphatic heterocycles. The second-order valence-electron chi connectivity index (χ2n) is 13.7. The fourth-order valence-corrected chi connectivity index (χ4v) is 7.11. The van der Waals surface area contributed by atoms with Crippen LogP contribution >= 0.6 is 0 Å². The Labute approximate surface area is 300 Å². The van der Waals surface area contributed by atoms with Gasteiger partial charge in [-0.1, -0.05) is 69.2 Å². The average Bonchev–Trinajstić information content (AvgIpc) is 3.76. The highest BCUT2D eigenvalue weighted by atomic mass is 16.5. The molecule has 0 saturated heterocycles. The summed E-state index contributed by atoms with van der Waals surface area (Å²) in [5.74, 6) is 0.441. The van der Waals surface area contributed by atoms with Gasteiger partial charge in [0, 0.05) is 48.9 Å². The zero-order valence-electron chi connectivity index (χ0n) is 29.9. The van der Waals surface area contributed by atoms with E-state index >= 15 is 0 Å². The fourth-order valence-electron chi connectivity index (χ4n) is 7.11. The number of aliphatic hydroxyl groups excluding tert-OH is 1. The number of nitrogens with one attached hydrogen (secondary N) is 1. The highest BCUT2D eigenvalue weighted by Crippen LogP contribution is 2.36. The predicted octanol–water partition coefficient (Wildman–Crippen LogP) is 6.68. The minimum Gasteiger partial charge on any atom is -0.493 e. The summed E-state index contributed by atoms with van der Waals surface area (Å²) in [4.78, 5) is 45.1. The van der Waals surface area contributed by atoms with Crippen LogP contribution in [0.4, 0.5) is 5.69 Å². The van der Waals surface area contributed by atoms with Crippen LogP contribution in [0.15, 0.2) is 72.8 Å². The number of para-hydroxylation sites is 1. The molecule has 3 heterocycles. The number of ether oxygens (including phenoxy) is 1. The molecule has 0 bridgehead atoms. The first-order chi connectivity index (χ1) is 24.8. The minimum atomic E-state index is -0.420. The maximum absolute atomic E-state index is 14.6. The molecule has 10 nitrogen and oxygen atoms in total. The molecule has 3 aromatic carbocycles. The topological polar surface area (TPSA) is 117 Å². The van der Waals surface area contributed by atoms with Crippen molar-refractivity contribution in [1.82, 2.24) is 19.6 Å². The van der Waals surface area contributed by atoms with Gasteiger partial charge in [0.25, 0.3) is 11.8 Å². The number of aliphatic hydroxyl groups is 1. The second-order valence-corrected chi connectivity index (χ2v) is 13.7. The number of unbranched alkanes of at least 4 members (excludes halogenated alkanes) is 2. The summed E-state index contributed by atoms with van der Waals surface area (Å²) in [5, 5.41) is 18.2. The molecule has 10 heteroatoms. The Morgan fingerprint density at radius 1 is 0.961 bits per heavy atom. The van der Waals surface area contributed by atoms with Gasteiger partial charge in [0.05, 0.1) is 30.5 Å². The first kappa shape index (κ1) is 35.9. The summed E-state index contributed by atoms with van der Waals surface area (Å²) in [6.45, 7) is 8.12. The molecule has 268 valence electrons. The van der Waals surface area contributed by atoms with Crippen molar-refractivity contribution in [3.05, 3.63) is 106 Å². The predicted molar refractivity (Wildman–Crippen MR) is 197 cm³/mol. The molecule has 0 saturated carbocycles. The molecule has 1 aromatic heterocycles. The summed E-state index contributed by atoms with van der Waals surface area (Å²) in [6, 6.07) is 22.5. The van der Waals surface area contributed by atoms with E-state index in [1.807, 2.05) is 60.4 Å². The molecule has 0 radical (unpaired) electrons. The summed E-state index contributed by atoms with van der Waals surface area (Å²) in [7, 11) is 0. The summed E-state index contributed by atoms with van der Waals surface area (Å²) in [6.07, 6.45) is 5.24. The number of aryl methyl sites for hydroxylation is 1. The van der Waals surface area contributed by atoms with Crippen LogP contribution in [0, 0.1) is 6.92 Å². The lowest BCUT2D eigenvalue weighted by Crippen LogP contribution is -2.46. The van der Waals surface area contributed by atoms with Gasteiger partial charge in [-0.2, -0.15) is 5.10 Å². The fraction of sp³-hybridized carbons (Fsp3) is 0.415. The summed E-state index contributed by atoms with van der Waals surface area (Å²) >= 11 is 0. The first-order valence-electron chi connectivity index (χ1n) is 18.3. The Balaban J connectivity index is 1.30. The Hall–Kier alpha value is -4.96. The van der Waals surface area contributed by atoms with E-state index in [4.69, 9.17) is 9.84 Å². The second kappa shape index (κ2) is 16.4. The number of fused-ring (bicyclic) bond motifs is 2. The van der Waals surface area contributed by atoms with Crippen LogP contribution in [0.25, 0.3) is 5.69 Å². The molecule has 0 fully saturated rings. The van der Waals surface area contributed by atoms with Crippen molar-refractivity contribution in [2.45, 2.75) is 84.2 Å². The van der Waals surface area contributed by atoms with Crippen LogP contribution in [-0.2, 0) is 17.8 Å². The molecule has 3 amide bonds. The normalized spacial score (nSPS) is 16.3. The largest absolute Gasteiger partial charge is 0.493 e. The van der Waals surface area contributed by atoms with Crippen molar-refractivity contribution in [2.75, 3.05) is 31.6 Å². The Morgan fingerprint density at radius 2 is 1.69 bits per heavy atom. The van der Waals surface area contributed by atoms with Crippen LogP contribution in [0.1, 0.15) is 102 Å². The van der Waals surface area contributed by atoms with Gasteiger partial charge in [-0.05, 0) is 74.1 Å². The van der Waals surface area contributed by atoms with Crippen molar-refractivity contribution in [2.24, 2.45) is 0 Å². The third-order valence-corrected chi connectivity index (χ3v) is 10.0. The van der Waals surface area contributed by atoms with Crippen LogP contribution in [0.3, 0.4) is 0 Å². The number of hydrogen-bond donors (Lipinski definition) is 2. The van der Waals surface area contributed by atoms with Crippen LogP contribution < -0.4 is 10.1 Å². The van der Waals surface area contributed by atoms with E-state index < -0.39 is 6.04 Å². The number of amides is 3. The van der Waals surface area contributed by atoms with E-state index in [1.165, 1.54) is 0 Å². The minimum absolute atomic E-state index is 0.126. The lowest BCUT2D eigenvalue weighted by atomic mass is 9.93. The smallest absolute Gasteiger partial charge is 0.274 e. The molecule has 1 unspecified atom stereocenters. The molecule has 2 aliphatic rings. The van der Waals surface area contributed by atoms with E-state index in [2.05, 4.69) is 19.2 Å². The van der Waals surface area contributed by atoms with Gasteiger partial charge < -0.3 is 25.0 Å². The van der Waals surface area contributed by atoms with Crippen molar-refractivity contribution < 1.29 is 24.2 Å². The summed E-state index contributed by atoms with van der Waals surface area (Å²) in [5.41, 5.74) is 5.60. The van der Waals surface area contributed by atoms with Gasteiger partial charge in [0.1, 0.15) is 5.75 Å². The van der Waals surface area contributed by atoms with Gasteiger partial charge in [0.2, 0.25) is 5.91 Å². The van der Waals surface area contributed by atoms with Crippen molar-refractivity contribution in [3.8, 4) is 11.4 Å². The molecular formula is C41H49N5O5. The molecule has 2 atom stereocenters. The molecule has 4 aromatic rings. The lowest BCUT2D eigenvalue weighted by Gasteiger charge is -2.36. The van der Waals surface area contributed by atoms with Crippen LogP contribution in [0.5, 0.6) is 5.75 Å². The third-order valence-electron chi connectivity index (χ3n) is 10.0. The van der Waals surface area contributed by atoms with E-state index in [0.717, 1.165) is 48.1 Å². The molecule has 2 N–H and O–H groups in total. The van der Waals surface area contributed by atoms with Gasteiger partial charge in [-0.25, -0.2) is 4.68 Å². The number of carbonyl (C=O) groups is 3. The molecule has 0 aliphatic carbocycles. The SMILES string of the molecule is CCCCN(CCCC)C(=O)c1cc(C)n(-c2ccc(NC(=O)CCC3COc4ccccc43)cc2C(=O)N2Cc3ccccc3C[C@H]2CO)n1. The van der Waals surface area contributed by atoms with E-state index in [-0.39, 0.29) is 30.2 Å². The Kier molecular flexibility index (Phi) is 11.5. The quantitative estimate of drug-likeness (QED) is 0.153. The van der Waals surface area contributed by atoms with Gasteiger partial charge >= 0.3 is 0 Å². The molecular weight excluding hydrogens is 642 g/mol. The number of aromatic nitrogens is 2. The van der Waals surface area contributed by atoms with E-state index in [0.29, 0.717) is 73.8 Å². The lowest BCUT2D eigenvalue weighted by molar-refractivity contribution is -0.116. The Morgan fingerprint density at radius 3 is 2.43 bits per heavy atom. The molecule has 0 spiro atoms. The maximum Gasteiger partial charge on any atom is 0.274 e. The number of benzene rings is 3. The van der Waals surface area contributed by atoms with Gasteiger partial charge in [0.15, 0.2) is 5.69 Å². The Bertz CT molecular complexity index is 1860. The summed E-state index contributed by atoms with van der Waals surface area (Å²) < 4.78 is 7.45. The molecule has 6 rings (SSSR count). The number of anilines is 1. The third kappa shape index (κ3) is 8.01. The number of carbonyl (C=O) groups excluding carboxylic acids is 3. The zero-order valence-corrected chi connectivity index (χ0v) is 29.9. The number of nitrogens with zero attached hydrogens (tertiary/aromatic N) is 4. The number of rotatable bonds is 14. The standard InChI is InChI=1S/C41H49N5O5/c1-4-6-20-44(21-7-5-2)41(50)36-22-28(3)46(43-36)37-18-17-32(42-39(48)19-16-31-27-51-38-15-11-10-14-34(31)38)24-35(37)40(49)45-25-30-13-9-8-12-29(30)23-33(45)26-47/h8-15,17-18,22,24,31,33,47H,4-7,16,19-21,23,25-27H2,1-3H3,(H,42,48)/t31?,33-/m0/s1. The van der Waals surface area contributed by atoms with Crippen molar-refractivity contribution >= 4 is 23.4 Å². The van der Waals surface area contributed by atoms with E-state index in [9.17, 15) is 19.5 Å². The number of hydrogen-bond acceptors (Lipinski definition) is 6. The highest BCUT2D eigenvalue weighted by molar-refractivity contribution is 6.01. The zero-order chi connectivity index (χ0) is 35.9. The average molecular weight is 692 g/mol. The van der Waals surface area contributed by atoms with Crippen LogP contribution in [0.2, 0.25) is 0 Å². The van der Waals surface area contributed by atoms with Gasteiger partial charge in [-0.15, -0.1) is 0 Å². The maximum atomic E-state index is 14.6. The van der Waals surface area contributed by atoms with E-state index in [1.54, 1.807) is 33.8 Å². The monoisotopic (exact) mass is 691 g/mol. The first-order valence-corrected chi connectivity index (χ1v) is 18.3. The van der Waals surface area contributed by atoms with Gasteiger partial charge in [-0.3, -0.25) is 14.4 Å².